The van der Waals surface area contributed by atoms with Crippen LogP contribution in [0.25, 0.3) is 0 Å². The molecule has 1 saturated heterocycles. The summed E-state index contributed by atoms with van der Waals surface area (Å²) < 4.78 is 5.57. The highest BCUT2D eigenvalue weighted by Crippen LogP contribution is 2.40. The maximum Gasteiger partial charge on any atom is 0.260 e. The first-order chi connectivity index (χ1) is 14.4. The van der Waals surface area contributed by atoms with E-state index in [9.17, 15) is 9.59 Å². The van der Waals surface area contributed by atoms with Crippen LogP contribution in [0.5, 0.6) is 5.75 Å². The maximum atomic E-state index is 12.7. The molecule has 1 aromatic rings. The predicted molar refractivity (Wildman–Crippen MR) is 119 cm³/mol. The van der Waals surface area contributed by atoms with Crippen molar-refractivity contribution in [3.05, 3.63) is 30.3 Å². The maximum absolute atomic E-state index is 12.7. The van der Waals surface area contributed by atoms with Gasteiger partial charge < -0.3 is 15.0 Å². The van der Waals surface area contributed by atoms with Gasteiger partial charge in [-0.05, 0) is 62.0 Å². The Hall–Kier alpha value is -2.04. The van der Waals surface area contributed by atoms with Crippen molar-refractivity contribution in [2.45, 2.75) is 71.8 Å². The lowest BCUT2D eigenvalue weighted by Gasteiger charge is -2.39. The van der Waals surface area contributed by atoms with E-state index in [0.29, 0.717) is 30.3 Å². The van der Waals surface area contributed by atoms with Gasteiger partial charge in [0.1, 0.15) is 5.75 Å². The summed E-state index contributed by atoms with van der Waals surface area (Å²) in [6, 6.07) is 9.71. The third-order valence-corrected chi connectivity index (χ3v) is 7.41. The zero-order valence-electron chi connectivity index (χ0n) is 18.9. The highest BCUT2D eigenvalue weighted by atomic mass is 16.5. The first-order valence-corrected chi connectivity index (χ1v) is 11.6. The molecule has 0 unspecified atom stereocenters. The lowest BCUT2D eigenvalue weighted by molar-refractivity contribution is -0.137. The second-order valence-electron chi connectivity index (χ2n) is 9.66. The van der Waals surface area contributed by atoms with Crippen LogP contribution in [0.15, 0.2) is 30.3 Å². The number of amides is 2. The minimum Gasteiger partial charge on any atom is -0.484 e. The molecular formula is C25H38N2O3. The Morgan fingerprint density at radius 2 is 1.67 bits per heavy atom. The van der Waals surface area contributed by atoms with Crippen molar-refractivity contribution in [3.8, 4) is 5.75 Å². The zero-order chi connectivity index (χ0) is 21.6. The quantitative estimate of drug-likeness (QED) is 0.719. The van der Waals surface area contributed by atoms with Crippen LogP contribution < -0.4 is 10.1 Å². The average Bonchev–Trinajstić information content (AvgIpc) is 2.78. The van der Waals surface area contributed by atoms with Crippen molar-refractivity contribution in [1.82, 2.24) is 10.2 Å². The van der Waals surface area contributed by atoms with E-state index in [1.807, 2.05) is 35.2 Å². The standard InChI is InChI=1S/C25H38N2O3/c1-4-25(2,3)20-10-12-21(13-11-20)26-24(29)19-14-16-27(17-15-19)23(28)18-30-22-8-6-5-7-9-22/h5-9,19-21H,4,10-18H2,1-3H3,(H,26,29). The number of para-hydroxylation sites is 1. The Kier molecular flexibility index (Phi) is 7.79. The van der Waals surface area contributed by atoms with Crippen LogP contribution in [0.1, 0.15) is 65.7 Å². The summed E-state index contributed by atoms with van der Waals surface area (Å²) in [5, 5.41) is 3.30. The largest absolute Gasteiger partial charge is 0.484 e. The fraction of sp³-hybridized carbons (Fsp3) is 0.680. The third kappa shape index (κ3) is 5.99. The SMILES string of the molecule is CCC(C)(C)C1CCC(NC(=O)C2CCN(C(=O)COc3ccccc3)CC2)CC1. The van der Waals surface area contributed by atoms with Crippen LogP contribution >= 0.6 is 0 Å². The fourth-order valence-corrected chi connectivity index (χ4v) is 4.77. The normalized spacial score (nSPS) is 23.1. The van der Waals surface area contributed by atoms with Crippen LogP contribution in [0.3, 0.4) is 0 Å². The van der Waals surface area contributed by atoms with Crippen molar-refractivity contribution in [2.75, 3.05) is 19.7 Å². The van der Waals surface area contributed by atoms with E-state index >= 15 is 0 Å². The molecule has 166 valence electrons. The molecule has 30 heavy (non-hydrogen) atoms. The van der Waals surface area contributed by atoms with Crippen molar-refractivity contribution in [2.24, 2.45) is 17.3 Å². The number of hydrogen-bond acceptors (Lipinski definition) is 3. The van der Waals surface area contributed by atoms with E-state index in [2.05, 4.69) is 26.1 Å². The molecule has 1 aromatic carbocycles. The Bertz CT molecular complexity index is 688. The molecule has 5 nitrogen and oxygen atoms in total. The molecule has 0 atom stereocenters. The molecule has 0 bridgehead atoms. The molecule has 0 radical (unpaired) electrons. The van der Waals surface area contributed by atoms with Gasteiger partial charge in [-0.2, -0.15) is 0 Å². The lowest BCUT2D eigenvalue weighted by Crippen LogP contribution is -2.47. The molecule has 5 heteroatoms. The van der Waals surface area contributed by atoms with E-state index < -0.39 is 0 Å². The first kappa shape index (κ1) is 22.6. The first-order valence-electron chi connectivity index (χ1n) is 11.6. The molecule has 1 heterocycles. The van der Waals surface area contributed by atoms with Gasteiger partial charge in [0.15, 0.2) is 6.61 Å². The van der Waals surface area contributed by atoms with Gasteiger partial charge in [-0.1, -0.05) is 45.4 Å². The van der Waals surface area contributed by atoms with E-state index in [-0.39, 0.29) is 24.3 Å². The summed E-state index contributed by atoms with van der Waals surface area (Å²) in [6.45, 7) is 8.34. The Morgan fingerprint density at radius 3 is 2.27 bits per heavy atom. The van der Waals surface area contributed by atoms with Gasteiger partial charge in [0.25, 0.3) is 5.91 Å². The monoisotopic (exact) mass is 414 g/mol. The summed E-state index contributed by atoms with van der Waals surface area (Å²) in [6.07, 6.45) is 7.28. The highest BCUT2D eigenvalue weighted by molar-refractivity contribution is 5.80. The summed E-state index contributed by atoms with van der Waals surface area (Å²) in [5.74, 6) is 1.67. The second-order valence-corrected chi connectivity index (χ2v) is 9.66. The molecule has 2 aliphatic rings. The van der Waals surface area contributed by atoms with E-state index in [1.54, 1.807) is 0 Å². The van der Waals surface area contributed by atoms with E-state index in [0.717, 1.165) is 31.6 Å². The van der Waals surface area contributed by atoms with Gasteiger partial charge in [-0.15, -0.1) is 0 Å². The van der Waals surface area contributed by atoms with Crippen LogP contribution in [0.2, 0.25) is 0 Å². The van der Waals surface area contributed by atoms with E-state index in [4.69, 9.17) is 4.74 Å². The highest BCUT2D eigenvalue weighted by Gasteiger charge is 2.33. The number of likely N-dealkylation sites (tertiary alicyclic amines) is 1. The van der Waals surface area contributed by atoms with Crippen LogP contribution in [0.4, 0.5) is 0 Å². The number of nitrogens with one attached hydrogen (secondary N) is 1. The minimum absolute atomic E-state index is 0.00503. The average molecular weight is 415 g/mol. The third-order valence-electron chi connectivity index (χ3n) is 7.41. The summed E-state index contributed by atoms with van der Waals surface area (Å²) in [5.41, 5.74) is 0.401. The van der Waals surface area contributed by atoms with Crippen molar-refractivity contribution >= 4 is 11.8 Å². The Balaban J connectivity index is 1.37. The number of carbonyl (C=O) groups is 2. The number of rotatable bonds is 7. The molecule has 2 amide bonds. The number of carbonyl (C=O) groups excluding carboxylic acids is 2. The second kappa shape index (κ2) is 10.3. The van der Waals surface area contributed by atoms with E-state index in [1.165, 1.54) is 19.3 Å². The molecule has 1 aliphatic heterocycles. The molecular weight excluding hydrogens is 376 g/mol. The topological polar surface area (TPSA) is 58.6 Å². The van der Waals surface area contributed by atoms with Gasteiger partial charge in [0, 0.05) is 25.0 Å². The number of hydrogen-bond donors (Lipinski definition) is 1. The van der Waals surface area contributed by atoms with Gasteiger partial charge in [-0.25, -0.2) is 0 Å². The Morgan fingerprint density at radius 1 is 1.03 bits per heavy atom. The number of benzene rings is 1. The summed E-state index contributed by atoms with van der Waals surface area (Å²) >= 11 is 0. The fourth-order valence-electron chi connectivity index (χ4n) is 4.77. The molecule has 1 N–H and O–H groups in total. The van der Waals surface area contributed by atoms with Crippen molar-refractivity contribution in [1.29, 1.82) is 0 Å². The number of piperidine rings is 1. The summed E-state index contributed by atoms with van der Waals surface area (Å²) in [7, 11) is 0. The van der Waals surface area contributed by atoms with Gasteiger partial charge in [0.2, 0.25) is 5.91 Å². The molecule has 1 aliphatic carbocycles. The molecule has 2 fully saturated rings. The van der Waals surface area contributed by atoms with Crippen molar-refractivity contribution < 1.29 is 14.3 Å². The lowest BCUT2D eigenvalue weighted by atomic mass is 9.69. The van der Waals surface area contributed by atoms with Crippen LogP contribution in [-0.2, 0) is 9.59 Å². The molecule has 0 aromatic heterocycles. The molecule has 3 rings (SSSR count). The predicted octanol–water partition coefficient (Wildman–Crippen LogP) is 4.42. The molecule has 0 spiro atoms. The Labute approximate surface area is 181 Å². The van der Waals surface area contributed by atoms with Crippen molar-refractivity contribution in [3.63, 3.8) is 0 Å². The van der Waals surface area contributed by atoms with Crippen LogP contribution in [0, 0.1) is 17.3 Å². The smallest absolute Gasteiger partial charge is 0.260 e. The van der Waals surface area contributed by atoms with Gasteiger partial charge >= 0.3 is 0 Å². The number of nitrogens with zero attached hydrogens (tertiary/aromatic N) is 1. The van der Waals surface area contributed by atoms with Crippen LogP contribution in [-0.4, -0.2) is 42.5 Å². The zero-order valence-corrected chi connectivity index (χ0v) is 18.9. The molecule has 1 saturated carbocycles. The van der Waals surface area contributed by atoms with Gasteiger partial charge in [0.05, 0.1) is 0 Å². The minimum atomic E-state index is -0.00503. The number of ether oxygens (including phenoxy) is 1. The summed E-state index contributed by atoms with van der Waals surface area (Å²) in [4.78, 5) is 27.0. The van der Waals surface area contributed by atoms with Gasteiger partial charge in [-0.3, -0.25) is 9.59 Å².